The molecule has 2 aromatic heterocycles. The van der Waals surface area contributed by atoms with E-state index in [4.69, 9.17) is 14.2 Å². The number of hydrogen-bond donors (Lipinski definition) is 3. The number of ether oxygens (including phenoxy) is 3. The Morgan fingerprint density at radius 3 is 2.50 bits per heavy atom. The average Bonchev–Trinajstić information content (AvgIpc) is 3.30. The summed E-state index contributed by atoms with van der Waals surface area (Å²) in [5.41, 5.74) is -0.602. The first-order valence-corrected chi connectivity index (χ1v) is 12.6. The van der Waals surface area contributed by atoms with Crippen LogP contribution in [0.3, 0.4) is 0 Å². The lowest BCUT2D eigenvalue weighted by Gasteiger charge is -2.29. The van der Waals surface area contributed by atoms with Gasteiger partial charge in [0.15, 0.2) is 11.5 Å². The molecule has 15 heteroatoms. The predicted octanol–water partition coefficient (Wildman–Crippen LogP) is 2.94. The van der Waals surface area contributed by atoms with E-state index in [9.17, 15) is 21.6 Å². The maximum absolute atomic E-state index is 13.5. The van der Waals surface area contributed by atoms with Gasteiger partial charge in [0, 0.05) is 25.8 Å². The molecule has 1 saturated heterocycles. The van der Waals surface area contributed by atoms with E-state index in [0.717, 1.165) is 6.20 Å². The van der Waals surface area contributed by atoms with Gasteiger partial charge >= 0.3 is 6.18 Å². The van der Waals surface area contributed by atoms with Crippen LogP contribution in [-0.4, -0.2) is 73.7 Å². The molecular weight excluding hydrogens is 505 g/mol. The molecule has 4 heterocycles. The molecule has 194 valence electrons. The van der Waals surface area contributed by atoms with Crippen LogP contribution in [0.1, 0.15) is 12.5 Å². The second kappa shape index (κ2) is 9.29. The van der Waals surface area contributed by atoms with Gasteiger partial charge in [-0.05, 0) is 19.1 Å². The number of halogens is 3. The van der Waals surface area contributed by atoms with Crippen molar-refractivity contribution >= 4 is 38.5 Å². The van der Waals surface area contributed by atoms with Crippen molar-refractivity contribution in [2.24, 2.45) is 0 Å². The third-order valence-electron chi connectivity index (χ3n) is 5.67. The Labute approximate surface area is 204 Å². The summed E-state index contributed by atoms with van der Waals surface area (Å²) in [7, 11) is -3.88. The summed E-state index contributed by atoms with van der Waals surface area (Å²) in [5, 5.41) is 5.60. The second-order valence-corrected chi connectivity index (χ2v) is 9.86. The summed E-state index contributed by atoms with van der Waals surface area (Å²) in [5.74, 6) is 0.169. The fourth-order valence-corrected chi connectivity index (χ4v) is 5.60. The summed E-state index contributed by atoms with van der Waals surface area (Å²) in [6.07, 6.45) is -3.75. The summed E-state index contributed by atoms with van der Waals surface area (Å²) in [4.78, 5) is 10.9. The number of alkyl halides is 3. The van der Waals surface area contributed by atoms with Crippen LogP contribution < -0.4 is 20.1 Å². The summed E-state index contributed by atoms with van der Waals surface area (Å²) >= 11 is 0. The van der Waals surface area contributed by atoms with E-state index in [1.165, 1.54) is 16.4 Å². The van der Waals surface area contributed by atoms with Crippen molar-refractivity contribution in [3.8, 4) is 11.5 Å². The van der Waals surface area contributed by atoms with Gasteiger partial charge in [-0.25, -0.2) is 8.42 Å². The number of hydrogen-bond acceptors (Lipinski definition) is 9. The lowest BCUT2D eigenvalue weighted by molar-refractivity contribution is -0.136. The van der Waals surface area contributed by atoms with E-state index in [1.54, 1.807) is 6.92 Å². The Morgan fingerprint density at radius 2 is 1.81 bits per heavy atom. The van der Waals surface area contributed by atoms with Gasteiger partial charge in [0.2, 0.25) is 16.0 Å². The molecule has 5 rings (SSSR count). The van der Waals surface area contributed by atoms with Crippen molar-refractivity contribution in [1.82, 2.24) is 19.3 Å². The van der Waals surface area contributed by atoms with Crippen LogP contribution in [0.2, 0.25) is 0 Å². The molecule has 2 aliphatic rings. The van der Waals surface area contributed by atoms with Crippen molar-refractivity contribution in [3.05, 3.63) is 23.9 Å². The Bertz CT molecular complexity index is 1390. The molecule has 1 aromatic carbocycles. The van der Waals surface area contributed by atoms with Gasteiger partial charge in [-0.1, -0.05) is 0 Å². The van der Waals surface area contributed by atoms with E-state index in [0.29, 0.717) is 25.4 Å². The lowest BCUT2D eigenvalue weighted by Crippen LogP contribution is -2.40. The summed E-state index contributed by atoms with van der Waals surface area (Å²) in [6.45, 7) is 3.41. The number of aromatic nitrogens is 3. The summed E-state index contributed by atoms with van der Waals surface area (Å²) < 4.78 is 84.9. The van der Waals surface area contributed by atoms with E-state index < -0.39 is 21.8 Å². The zero-order valence-corrected chi connectivity index (χ0v) is 19.9. The highest BCUT2D eigenvalue weighted by molar-refractivity contribution is 7.89. The minimum absolute atomic E-state index is 0.00359. The number of rotatable bonds is 6. The highest BCUT2D eigenvalue weighted by Gasteiger charge is 2.36. The molecule has 3 N–H and O–H groups in total. The van der Waals surface area contributed by atoms with Gasteiger partial charge in [0.1, 0.15) is 29.6 Å². The lowest BCUT2D eigenvalue weighted by atomic mass is 10.2. The molecule has 2 aliphatic heterocycles. The van der Waals surface area contributed by atoms with Gasteiger partial charge in [-0.3, -0.25) is 0 Å². The monoisotopic (exact) mass is 528 g/mol. The van der Waals surface area contributed by atoms with Crippen LogP contribution in [0.4, 0.5) is 30.6 Å². The van der Waals surface area contributed by atoms with E-state index in [-0.39, 0.29) is 65.5 Å². The van der Waals surface area contributed by atoms with E-state index >= 15 is 0 Å². The minimum atomic E-state index is -4.59. The molecule has 1 fully saturated rings. The molecule has 0 atom stereocenters. The molecule has 0 spiro atoms. The summed E-state index contributed by atoms with van der Waals surface area (Å²) in [6, 6.07) is 2.87. The average molecular weight is 529 g/mol. The van der Waals surface area contributed by atoms with Crippen LogP contribution in [0.25, 0.3) is 11.0 Å². The van der Waals surface area contributed by atoms with Crippen LogP contribution in [0.15, 0.2) is 23.2 Å². The standard InChI is InChI=1S/C21H23F3N6O5S/c1-2-25-18-15-12(21(22,23)24)11-26-19(15)29-20(28-18)27-13-3-4-14(17-16(13)34-9-10-35-17)36(31,32)30-5-7-33-8-6-30/h3-4,11H,2,5-10H2,1H3,(H3,25,26,27,28,29). The van der Waals surface area contributed by atoms with Gasteiger partial charge in [-0.2, -0.15) is 27.4 Å². The van der Waals surface area contributed by atoms with Crippen LogP contribution in [0.5, 0.6) is 11.5 Å². The third kappa shape index (κ3) is 4.37. The first-order chi connectivity index (χ1) is 17.2. The van der Waals surface area contributed by atoms with Gasteiger partial charge < -0.3 is 29.8 Å². The number of nitrogens with zero attached hydrogens (tertiary/aromatic N) is 3. The Balaban J connectivity index is 1.54. The SMILES string of the molecule is CCNc1nc(Nc2ccc(S(=O)(=O)N3CCOCC3)c3c2OCCO3)nc2[nH]cc(C(F)(F)F)c12. The topological polar surface area (TPSA) is 131 Å². The highest BCUT2D eigenvalue weighted by atomic mass is 32.2. The highest BCUT2D eigenvalue weighted by Crippen LogP contribution is 2.44. The molecule has 0 aliphatic carbocycles. The maximum atomic E-state index is 13.5. The van der Waals surface area contributed by atoms with Crippen molar-refractivity contribution in [1.29, 1.82) is 0 Å². The van der Waals surface area contributed by atoms with Crippen molar-refractivity contribution < 1.29 is 35.8 Å². The zero-order chi connectivity index (χ0) is 25.5. The van der Waals surface area contributed by atoms with Gasteiger partial charge in [-0.15, -0.1) is 0 Å². The number of aromatic amines is 1. The largest absolute Gasteiger partial charge is 0.485 e. The molecular formula is C21H23F3N6O5S. The number of sulfonamides is 1. The first-order valence-electron chi connectivity index (χ1n) is 11.2. The molecule has 0 bridgehead atoms. The van der Waals surface area contributed by atoms with E-state index in [2.05, 4.69) is 25.6 Å². The van der Waals surface area contributed by atoms with E-state index in [1.807, 2.05) is 0 Å². The fraction of sp³-hybridized carbons (Fsp3) is 0.429. The van der Waals surface area contributed by atoms with Gasteiger partial charge in [0.25, 0.3) is 0 Å². The quantitative estimate of drug-likeness (QED) is 0.442. The van der Waals surface area contributed by atoms with Gasteiger partial charge in [0.05, 0.1) is 29.9 Å². The third-order valence-corrected chi connectivity index (χ3v) is 7.59. The Hall–Kier alpha value is -3.30. The Morgan fingerprint density at radius 1 is 1.08 bits per heavy atom. The van der Waals surface area contributed by atoms with Crippen molar-refractivity contribution in [2.75, 3.05) is 56.7 Å². The number of benzene rings is 1. The number of morpholine rings is 1. The number of fused-ring (bicyclic) bond motifs is 2. The van der Waals surface area contributed by atoms with Crippen LogP contribution in [0, 0.1) is 0 Å². The number of anilines is 3. The smallest absolute Gasteiger partial charge is 0.418 e. The molecule has 0 unspecified atom stereocenters. The molecule has 0 radical (unpaired) electrons. The molecule has 0 saturated carbocycles. The fourth-order valence-electron chi connectivity index (χ4n) is 4.07. The second-order valence-electron chi connectivity index (χ2n) is 7.96. The first kappa shape index (κ1) is 24.4. The Kier molecular flexibility index (Phi) is 6.30. The van der Waals surface area contributed by atoms with Crippen LogP contribution >= 0.6 is 0 Å². The minimum Gasteiger partial charge on any atom is -0.485 e. The zero-order valence-electron chi connectivity index (χ0n) is 19.1. The van der Waals surface area contributed by atoms with Crippen LogP contribution in [-0.2, 0) is 20.9 Å². The number of H-pyrrole nitrogens is 1. The molecule has 0 amide bonds. The molecule has 36 heavy (non-hydrogen) atoms. The predicted molar refractivity (Wildman–Crippen MR) is 123 cm³/mol. The normalized spacial score (nSPS) is 16.8. The van der Waals surface area contributed by atoms with Crippen molar-refractivity contribution in [3.63, 3.8) is 0 Å². The maximum Gasteiger partial charge on any atom is 0.418 e. The van der Waals surface area contributed by atoms with Crippen molar-refractivity contribution in [2.45, 2.75) is 18.0 Å². The molecule has 11 nitrogen and oxygen atoms in total. The molecule has 3 aromatic rings. The number of nitrogens with one attached hydrogen (secondary N) is 3.